The van der Waals surface area contributed by atoms with Crippen LogP contribution in [-0.2, 0) is 21.4 Å². The zero-order valence-electron chi connectivity index (χ0n) is 16.7. The Morgan fingerprint density at radius 1 is 0.968 bits per heavy atom. The van der Waals surface area contributed by atoms with E-state index in [1.165, 1.54) is 31.4 Å². The number of anilines is 1. The molecular formula is C22H21ClN2O5S. The molecular weight excluding hydrogens is 440 g/mol. The van der Waals surface area contributed by atoms with Crippen molar-refractivity contribution in [2.24, 2.45) is 0 Å². The molecule has 2 N–H and O–H groups in total. The highest BCUT2D eigenvalue weighted by Gasteiger charge is 2.15. The Morgan fingerprint density at radius 2 is 1.71 bits per heavy atom. The molecule has 3 aromatic carbocycles. The Labute approximate surface area is 186 Å². The van der Waals surface area contributed by atoms with Gasteiger partial charge < -0.3 is 14.8 Å². The lowest BCUT2D eigenvalue weighted by Crippen LogP contribution is -2.28. The molecule has 0 bridgehead atoms. The minimum absolute atomic E-state index is 0.0610. The van der Waals surface area contributed by atoms with Crippen LogP contribution in [0.15, 0.2) is 77.7 Å². The van der Waals surface area contributed by atoms with E-state index in [0.717, 1.165) is 5.56 Å². The number of hydrogen-bond donors (Lipinski definition) is 2. The third kappa shape index (κ3) is 6.37. The van der Waals surface area contributed by atoms with Crippen LogP contribution in [0.25, 0.3) is 0 Å². The summed E-state index contributed by atoms with van der Waals surface area (Å²) < 4.78 is 38.1. The molecule has 1 amide bonds. The zero-order chi connectivity index (χ0) is 22.3. The number of ether oxygens (including phenoxy) is 2. The first-order chi connectivity index (χ1) is 14.9. The van der Waals surface area contributed by atoms with Crippen molar-refractivity contribution in [1.29, 1.82) is 0 Å². The molecule has 0 saturated carbocycles. The Hall–Kier alpha value is -3.23. The predicted molar refractivity (Wildman–Crippen MR) is 119 cm³/mol. The second-order valence-corrected chi connectivity index (χ2v) is 8.56. The van der Waals surface area contributed by atoms with Gasteiger partial charge in [0.1, 0.15) is 11.5 Å². The summed E-state index contributed by atoms with van der Waals surface area (Å²) in [7, 11) is -2.28. The van der Waals surface area contributed by atoms with Crippen LogP contribution < -0.4 is 19.5 Å². The van der Waals surface area contributed by atoms with Crippen molar-refractivity contribution in [3.8, 4) is 11.5 Å². The van der Waals surface area contributed by atoms with Crippen LogP contribution in [0.3, 0.4) is 0 Å². The molecule has 9 heteroatoms. The highest BCUT2D eigenvalue weighted by molar-refractivity contribution is 7.92. The molecule has 3 aromatic rings. The summed E-state index contributed by atoms with van der Waals surface area (Å²) in [6.07, 6.45) is 0. The minimum Gasteiger partial charge on any atom is -0.497 e. The van der Waals surface area contributed by atoms with Crippen molar-refractivity contribution in [2.45, 2.75) is 11.4 Å². The molecule has 0 radical (unpaired) electrons. The predicted octanol–water partition coefficient (Wildman–Crippen LogP) is 3.84. The first-order valence-corrected chi connectivity index (χ1v) is 11.1. The number of carbonyl (C=O) groups excluding carboxylic acids is 1. The summed E-state index contributed by atoms with van der Waals surface area (Å²) in [4.78, 5) is 12.0. The van der Waals surface area contributed by atoms with Gasteiger partial charge in [-0.05, 0) is 48.0 Å². The lowest BCUT2D eigenvalue weighted by Gasteiger charge is -2.11. The van der Waals surface area contributed by atoms with Crippen molar-refractivity contribution in [1.82, 2.24) is 5.32 Å². The summed E-state index contributed by atoms with van der Waals surface area (Å²) in [6.45, 7) is 0.0770. The summed E-state index contributed by atoms with van der Waals surface area (Å²) in [5.41, 5.74) is 1.19. The molecule has 0 atom stereocenters. The van der Waals surface area contributed by atoms with Crippen LogP contribution in [0.2, 0.25) is 5.02 Å². The third-order valence-electron chi connectivity index (χ3n) is 4.26. The number of amides is 1. The summed E-state index contributed by atoms with van der Waals surface area (Å²) in [6, 6.07) is 19.6. The average molecular weight is 461 g/mol. The van der Waals surface area contributed by atoms with E-state index >= 15 is 0 Å². The van der Waals surface area contributed by atoms with Crippen LogP contribution in [0, 0.1) is 0 Å². The topological polar surface area (TPSA) is 93.7 Å². The maximum atomic E-state index is 12.6. The molecule has 0 aliphatic rings. The fraction of sp³-hybridized carbons (Fsp3) is 0.136. The normalized spacial score (nSPS) is 10.9. The fourth-order valence-electron chi connectivity index (χ4n) is 2.65. The number of benzene rings is 3. The van der Waals surface area contributed by atoms with E-state index in [0.29, 0.717) is 22.2 Å². The lowest BCUT2D eigenvalue weighted by atomic mass is 10.2. The van der Waals surface area contributed by atoms with Gasteiger partial charge in [0.25, 0.3) is 15.9 Å². The minimum atomic E-state index is -3.78. The monoisotopic (exact) mass is 460 g/mol. The molecule has 0 aliphatic heterocycles. The maximum absolute atomic E-state index is 12.6. The Kier molecular flexibility index (Phi) is 7.38. The van der Waals surface area contributed by atoms with Crippen molar-refractivity contribution in [3.05, 3.63) is 83.4 Å². The number of methoxy groups -OCH3 is 1. The average Bonchev–Trinajstić information content (AvgIpc) is 2.77. The Morgan fingerprint density at radius 3 is 2.42 bits per heavy atom. The fourth-order valence-corrected chi connectivity index (χ4v) is 3.90. The van der Waals surface area contributed by atoms with E-state index in [4.69, 9.17) is 21.1 Å². The van der Waals surface area contributed by atoms with Crippen LogP contribution in [-0.4, -0.2) is 28.0 Å². The molecule has 0 aromatic heterocycles. The second-order valence-electron chi connectivity index (χ2n) is 6.47. The van der Waals surface area contributed by atoms with Crippen LogP contribution in [0.5, 0.6) is 11.5 Å². The molecule has 0 heterocycles. The number of hydrogen-bond acceptors (Lipinski definition) is 5. The van der Waals surface area contributed by atoms with Crippen LogP contribution >= 0.6 is 11.6 Å². The maximum Gasteiger partial charge on any atom is 0.261 e. The van der Waals surface area contributed by atoms with Gasteiger partial charge in [-0.1, -0.05) is 35.9 Å². The Balaban J connectivity index is 1.54. The van der Waals surface area contributed by atoms with Gasteiger partial charge >= 0.3 is 0 Å². The van der Waals surface area contributed by atoms with Gasteiger partial charge in [-0.25, -0.2) is 8.42 Å². The molecule has 162 valence electrons. The summed E-state index contributed by atoms with van der Waals surface area (Å²) >= 11 is 6.06. The summed E-state index contributed by atoms with van der Waals surface area (Å²) in [5.74, 6) is 0.585. The van der Waals surface area contributed by atoms with Gasteiger partial charge in [0.05, 0.1) is 17.7 Å². The molecule has 7 nitrogen and oxygen atoms in total. The molecule has 0 spiro atoms. The van der Waals surface area contributed by atoms with Crippen LogP contribution in [0.4, 0.5) is 5.69 Å². The van der Waals surface area contributed by atoms with Gasteiger partial charge in [-0.3, -0.25) is 9.52 Å². The molecule has 0 aliphatic carbocycles. The van der Waals surface area contributed by atoms with Crippen molar-refractivity contribution >= 4 is 33.2 Å². The highest BCUT2D eigenvalue weighted by atomic mass is 35.5. The van der Waals surface area contributed by atoms with Crippen molar-refractivity contribution in [2.75, 3.05) is 18.4 Å². The number of carbonyl (C=O) groups is 1. The van der Waals surface area contributed by atoms with Gasteiger partial charge in [0.2, 0.25) is 0 Å². The van der Waals surface area contributed by atoms with Gasteiger partial charge in [0.15, 0.2) is 6.61 Å². The van der Waals surface area contributed by atoms with Gasteiger partial charge in [0, 0.05) is 17.6 Å². The van der Waals surface area contributed by atoms with E-state index in [9.17, 15) is 13.2 Å². The number of nitrogens with one attached hydrogen (secondary N) is 2. The van der Waals surface area contributed by atoms with Gasteiger partial charge in [-0.15, -0.1) is 0 Å². The smallest absolute Gasteiger partial charge is 0.261 e. The summed E-state index contributed by atoms with van der Waals surface area (Å²) in [5, 5.41) is 3.29. The molecule has 0 unspecified atom stereocenters. The van der Waals surface area contributed by atoms with Gasteiger partial charge in [-0.2, -0.15) is 0 Å². The number of rotatable bonds is 9. The molecule has 3 rings (SSSR count). The third-order valence-corrected chi connectivity index (χ3v) is 6.03. The Bertz CT molecular complexity index is 1150. The zero-order valence-corrected chi connectivity index (χ0v) is 18.2. The first-order valence-electron chi connectivity index (χ1n) is 9.27. The molecule has 31 heavy (non-hydrogen) atoms. The lowest BCUT2D eigenvalue weighted by molar-refractivity contribution is -0.123. The van der Waals surface area contributed by atoms with Crippen molar-refractivity contribution < 1.29 is 22.7 Å². The van der Waals surface area contributed by atoms with Crippen LogP contribution in [0.1, 0.15) is 5.56 Å². The number of halogens is 1. The molecule has 0 saturated heterocycles. The van der Waals surface area contributed by atoms with E-state index < -0.39 is 10.0 Å². The largest absolute Gasteiger partial charge is 0.497 e. The number of sulfonamides is 1. The van der Waals surface area contributed by atoms with E-state index in [1.54, 1.807) is 30.3 Å². The SMILES string of the molecule is COc1cccc(NS(=O)(=O)c2ccc(OCC(=O)NCc3ccccc3Cl)cc2)c1. The van der Waals surface area contributed by atoms with Crippen molar-refractivity contribution in [3.63, 3.8) is 0 Å². The quantitative estimate of drug-likeness (QED) is 0.506. The first kappa shape index (κ1) is 22.5. The van der Waals surface area contributed by atoms with E-state index in [1.807, 2.05) is 18.2 Å². The van der Waals surface area contributed by atoms with E-state index in [-0.39, 0.29) is 24.0 Å². The second kappa shape index (κ2) is 10.2. The standard InChI is InChI=1S/C22H21ClN2O5S/c1-29-19-7-4-6-17(13-19)25-31(27,28)20-11-9-18(10-12-20)30-15-22(26)24-14-16-5-2-3-8-21(16)23/h2-13,25H,14-15H2,1H3,(H,24,26). The highest BCUT2D eigenvalue weighted by Crippen LogP contribution is 2.22. The molecule has 0 fully saturated rings. The van der Waals surface area contributed by atoms with E-state index in [2.05, 4.69) is 10.0 Å².